The molecule has 4 atom stereocenters. The Bertz CT molecular complexity index is 572. The van der Waals surface area contributed by atoms with Gasteiger partial charge in [0.25, 0.3) is 0 Å². The first-order valence-electron chi connectivity index (χ1n) is 7.19. The lowest BCUT2D eigenvalue weighted by Crippen LogP contribution is -2.53. The van der Waals surface area contributed by atoms with E-state index in [-0.39, 0.29) is 17.6 Å². The highest BCUT2D eigenvalue weighted by Crippen LogP contribution is 2.51. The van der Waals surface area contributed by atoms with E-state index in [9.17, 15) is 10.2 Å². The van der Waals surface area contributed by atoms with Gasteiger partial charge in [-0.2, -0.15) is 0 Å². The summed E-state index contributed by atoms with van der Waals surface area (Å²) in [4.78, 5) is 2.12. The Hall–Kier alpha value is -1.50. The number of hydrogen-bond donors (Lipinski definition) is 2. The number of aliphatic hydroxyl groups is 1. The quantitative estimate of drug-likeness (QED) is 0.824. The van der Waals surface area contributed by atoms with Gasteiger partial charge in [0.2, 0.25) is 0 Å². The molecule has 1 aromatic carbocycles. The molecule has 3 heteroatoms. The van der Waals surface area contributed by atoms with Crippen LogP contribution in [0.1, 0.15) is 18.4 Å². The maximum absolute atomic E-state index is 11.4. The van der Waals surface area contributed by atoms with Crippen molar-refractivity contribution in [1.82, 2.24) is 4.90 Å². The lowest BCUT2D eigenvalue weighted by atomic mass is 9.58. The minimum atomic E-state index is -0.947. The van der Waals surface area contributed by atoms with E-state index in [2.05, 4.69) is 16.7 Å². The number of fused-ring (bicyclic) bond motifs is 1. The first kappa shape index (κ1) is 13.5. The highest BCUT2D eigenvalue weighted by Gasteiger charge is 2.53. The third-order valence-corrected chi connectivity index (χ3v) is 4.64. The van der Waals surface area contributed by atoms with Crippen LogP contribution in [0.5, 0.6) is 5.75 Å². The van der Waals surface area contributed by atoms with Crippen LogP contribution in [0.2, 0.25) is 0 Å². The van der Waals surface area contributed by atoms with Crippen LogP contribution < -0.4 is 0 Å². The van der Waals surface area contributed by atoms with Crippen molar-refractivity contribution in [2.24, 2.45) is 17.8 Å². The fourth-order valence-electron chi connectivity index (χ4n) is 3.64. The van der Waals surface area contributed by atoms with Crippen LogP contribution in [0.4, 0.5) is 0 Å². The van der Waals surface area contributed by atoms with Gasteiger partial charge in [0, 0.05) is 18.4 Å². The Labute approximate surface area is 120 Å². The fourth-order valence-corrected chi connectivity index (χ4v) is 3.64. The Morgan fingerprint density at radius 2 is 2.10 bits per heavy atom. The summed E-state index contributed by atoms with van der Waals surface area (Å²) in [7, 11) is 4.06. The molecular weight excluding hydrogens is 250 g/mol. The molecular formula is C17H21NO2. The van der Waals surface area contributed by atoms with Crippen LogP contribution in [0, 0.1) is 29.6 Å². The minimum absolute atomic E-state index is 0.00278. The largest absolute Gasteiger partial charge is 0.508 e. The minimum Gasteiger partial charge on any atom is -0.508 e. The van der Waals surface area contributed by atoms with Crippen molar-refractivity contribution in [3.05, 3.63) is 29.8 Å². The molecule has 3 rings (SSSR count). The van der Waals surface area contributed by atoms with E-state index < -0.39 is 5.60 Å². The highest BCUT2D eigenvalue weighted by molar-refractivity contribution is 5.39. The van der Waals surface area contributed by atoms with Gasteiger partial charge in [-0.25, -0.2) is 0 Å². The van der Waals surface area contributed by atoms with Gasteiger partial charge in [0.05, 0.1) is 5.92 Å². The molecule has 2 aliphatic rings. The molecule has 0 radical (unpaired) electrons. The maximum atomic E-state index is 11.4. The number of benzene rings is 1. The molecule has 106 valence electrons. The summed E-state index contributed by atoms with van der Waals surface area (Å²) in [6.45, 7) is 0.830. The summed E-state index contributed by atoms with van der Waals surface area (Å²) in [5.41, 5.74) is -0.148. The molecule has 20 heavy (non-hydrogen) atoms. The van der Waals surface area contributed by atoms with Crippen molar-refractivity contribution in [2.75, 3.05) is 20.6 Å². The predicted octanol–water partition coefficient (Wildman–Crippen LogP) is 1.80. The topological polar surface area (TPSA) is 43.7 Å². The zero-order valence-corrected chi connectivity index (χ0v) is 12.0. The van der Waals surface area contributed by atoms with Gasteiger partial charge in [-0.15, -0.1) is 0 Å². The number of phenols is 1. The van der Waals surface area contributed by atoms with E-state index in [0.717, 1.165) is 24.9 Å². The van der Waals surface area contributed by atoms with Crippen LogP contribution in [-0.2, 0) is 5.60 Å². The molecule has 2 aliphatic carbocycles. The van der Waals surface area contributed by atoms with Gasteiger partial charge in [0.1, 0.15) is 11.4 Å². The van der Waals surface area contributed by atoms with Gasteiger partial charge in [-0.1, -0.05) is 24.0 Å². The fraction of sp³-hybridized carbons (Fsp3) is 0.529. The summed E-state index contributed by atoms with van der Waals surface area (Å²) in [5, 5.41) is 21.2. The maximum Gasteiger partial charge on any atom is 0.115 e. The highest BCUT2D eigenvalue weighted by atomic mass is 16.3. The summed E-state index contributed by atoms with van der Waals surface area (Å²) in [6.07, 6.45) is 2.04. The SMILES string of the molecule is CN(C)CC1CCC2C#CC2C1(O)c1cccc(O)c1. The third kappa shape index (κ3) is 2.00. The molecule has 1 aromatic rings. The smallest absolute Gasteiger partial charge is 0.115 e. The Morgan fingerprint density at radius 3 is 2.70 bits per heavy atom. The van der Waals surface area contributed by atoms with E-state index >= 15 is 0 Å². The molecule has 2 N–H and O–H groups in total. The third-order valence-electron chi connectivity index (χ3n) is 4.64. The normalized spacial score (nSPS) is 34.9. The zero-order valence-electron chi connectivity index (χ0n) is 12.0. The van der Waals surface area contributed by atoms with E-state index in [4.69, 9.17) is 0 Å². The van der Waals surface area contributed by atoms with E-state index in [1.165, 1.54) is 0 Å². The van der Waals surface area contributed by atoms with Crippen LogP contribution >= 0.6 is 0 Å². The Kier molecular flexibility index (Phi) is 3.24. The van der Waals surface area contributed by atoms with Crippen LogP contribution in [-0.4, -0.2) is 35.8 Å². The molecule has 3 nitrogen and oxygen atoms in total. The van der Waals surface area contributed by atoms with Crippen molar-refractivity contribution >= 4 is 0 Å². The second kappa shape index (κ2) is 4.80. The number of nitrogens with zero attached hydrogens (tertiary/aromatic N) is 1. The Morgan fingerprint density at radius 1 is 1.30 bits per heavy atom. The van der Waals surface area contributed by atoms with Gasteiger partial charge in [-0.05, 0) is 44.6 Å². The molecule has 0 aliphatic heterocycles. The number of rotatable bonds is 3. The van der Waals surface area contributed by atoms with Gasteiger partial charge in [0.15, 0.2) is 0 Å². The molecule has 1 fully saturated rings. The number of aromatic hydroxyl groups is 1. The molecule has 4 unspecified atom stereocenters. The first-order chi connectivity index (χ1) is 9.51. The number of phenolic OH excluding ortho intramolecular Hbond substituents is 1. The van der Waals surface area contributed by atoms with Crippen LogP contribution in [0.15, 0.2) is 24.3 Å². The summed E-state index contributed by atoms with van der Waals surface area (Å²) in [5.74, 6) is 6.99. The van der Waals surface area contributed by atoms with Crippen molar-refractivity contribution in [3.63, 3.8) is 0 Å². The van der Waals surface area contributed by atoms with E-state index in [1.807, 2.05) is 20.2 Å². The lowest BCUT2D eigenvalue weighted by Gasteiger charge is -2.50. The summed E-state index contributed by atoms with van der Waals surface area (Å²) >= 11 is 0. The molecule has 0 aromatic heterocycles. The lowest BCUT2D eigenvalue weighted by molar-refractivity contribution is -0.105. The van der Waals surface area contributed by atoms with E-state index in [0.29, 0.717) is 5.92 Å². The second-order valence-corrected chi connectivity index (χ2v) is 6.29. The Balaban J connectivity index is 2.02. The molecule has 0 bridgehead atoms. The van der Waals surface area contributed by atoms with Crippen molar-refractivity contribution in [3.8, 4) is 17.6 Å². The predicted molar refractivity (Wildman–Crippen MR) is 78.0 cm³/mol. The average molecular weight is 271 g/mol. The second-order valence-electron chi connectivity index (χ2n) is 6.29. The molecule has 0 saturated heterocycles. The van der Waals surface area contributed by atoms with Gasteiger partial charge < -0.3 is 15.1 Å². The standard InChI is InChI=1S/C17H21NO2/c1-18(2)11-14-8-6-12-7-9-16(12)17(14,20)13-4-3-5-15(19)10-13/h3-5,10,12,14,16,19-20H,6,8,11H2,1-2H3. The average Bonchev–Trinajstić information content (AvgIpc) is 2.34. The van der Waals surface area contributed by atoms with E-state index in [1.54, 1.807) is 18.2 Å². The molecule has 0 spiro atoms. The first-order valence-corrected chi connectivity index (χ1v) is 7.19. The van der Waals surface area contributed by atoms with Gasteiger partial charge in [-0.3, -0.25) is 0 Å². The van der Waals surface area contributed by atoms with Crippen LogP contribution in [0.3, 0.4) is 0 Å². The van der Waals surface area contributed by atoms with Gasteiger partial charge >= 0.3 is 0 Å². The molecule has 1 saturated carbocycles. The van der Waals surface area contributed by atoms with Crippen molar-refractivity contribution in [1.29, 1.82) is 0 Å². The molecule has 0 heterocycles. The van der Waals surface area contributed by atoms with Crippen molar-refractivity contribution < 1.29 is 10.2 Å². The monoisotopic (exact) mass is 271 g/mol. The van der Waals surface area contributed by atoms with Crippen LogP contribution in [0.25, 0.3) is 0 Å². The summed E-state index contributed by atoms with van der Waals surface area (Å²) < 4.78 is 0. The van der Waals surface area contributed by atoms with Crippen molar-refractivity contribution in [2.45, 2.75) is 18.4 Å². The summed E-state index contributed by atoms with van der Waals surface area (Å²) in [6, 6.07) is 7.03. The number of hydrogen-bond acceptors (Lipinski definition) is 3. The molecule has 0 amide bonds. The zero-order chi connectivity index (χ0) is 14.3.